The number of hydrogen-bond acceptors (Lipinski definition) is 2. The molecule has 0 saturated carbocycles. The molecule has 1 heterocycles. The molecule has 1 aromatic heterocycles. The molecule has 0 radical (unpaired) electrons. The zero-order chi connectivity index (χ0) is 13.7. The second-order valence-electron chi connectivity index (χ2n) is 4.47. The van der Waals surface area contributed by atoms with Crippen LogP contribution in [0.4, 0.5) is 0 Å². The van der Waals surface area contributed by atoms with Crippen LogP contribution in [0.5, 0.6) is 0 Å². The van der Waals surface area contributed by atoms with E-state index in [1.807, 2.05) is 30.6 Å². The highest BCUT2D eigenvalue weighted by molar-refractivity contribution is 6.30. The fourth-order valence-corrected chi connectivity index (χ4v) is 2.51. The maximum Gasteiger partial charge on any atom is 0.0580 e. The molecule has 1 unspecified atom stereocenters. The van der Waals surface area contributed by atoms with Crippen LogP contribution in [0.25, 0.3) is 0 Å². The summed E-state index contributed by atoms with van der Waals surface area (Å²) in [6.07, 6.45) is 4.78. The van der Waals surface area contributed by atoms with E-state index < -0.39 is 0 Å². The Balaban J connectivity index is 2.45. The third kappa shape index (κ3) is 3.34. The van der Waals surface area contributed by atoms with Crippen LogP contribution in [0, 0.1) is 0 Å². The van der Waals surface area contributed by atoms with E-state index in [4.69, 9.17) is 11.6 Å². The van der Waals surface area contributed by atoms with Crippen molar-refractivity contribution >= 4 is 11.6 Å². The van der Waals surface area contributed by atoms with E-state index >= 15 is 0 Å². The van der Waals surface area contributed by atoms with E-state index in [-0.39, 0.29) is 6.04 Å². The topological polar surface area (TPSA) is 24.9 Å². The van der Waals surface area contributed by atoms with Gasteiger partial charge in [-0.1, -0.05) is 37.6 Å². The molecular weight excluding hydrogens is 256 g/mol. The van der Waals surface area contributed by atoms with Crippen LogP contribution in [0.2, 0.25) is 5.02 Å². The normalized spacial score (nSPS) is 12.4. The molecule has 0 spiro atoms. The number of nitrogens with one attached hydrogen (secondary N) is 1. The first kappa shape index (κ1) is 14.0. The van der Waals surface area contributed by atoms with Gasteiger partial charge in [0.25, 0.3) is 0 Å². The molecule has 3 heteroatoms. The molecule has 0 aliphatic carbocycles. The summed E-state index contributed by atoms with van der Waals surface area (Å²) in [5.41, 5.74) is 3.74. The van der Waals surface area contributed by atoms with Gasteiger partial charge in [0, 0.05) is 17.4 Å². The van der Waals surface area contributed by atoms with Crippen molar-refractivity contribution < 1.29 is 0 Å². The predicted octanol–water partition coefficient (Wildman–Crippen LogP) is 4.00. The maximum atomic E-state index is 6.11. The number of rotatable bonds is 5. The summed E-state index contributed by atoms with van der Waals surface area (Å²) < 4.78 is 0. The molecule has 1 N–H and O–H groups in total. The summed E-state index contributed by atoms with van der Waals surface area (Å²) in [7, 11) is 0. The Hall–Kier alpha value is -1.38. The second-order valence-corrected chi connectivity index (χ2v) is 4.91. The highest BCUT2D eigenvalue weighted by atomic mass is 35.5. The number of aryl methyl sites for hydroxylation is 1. The standard InChI is InChI=1S/C16H19ClN2/c1-3-12-11-18-9-8-15(12)16(19-4-2)13-6-5-7-14(17)10-13/h5-11,16,19H,3-4H2,1-2H3. The van der Waals surface area contributed by atoms with E-state index in [9.17, 15) is 0 Å². The molecule has 0 aliphatic heterocycles. The lowest BCUT2D eigenvalue weighted by molar-refractivity contribution is 0.624. The number of nitrogens with zero attached hydrogens (tertiary/aromatic N) is 1. The Morgan fingerprint density at radius 1 is 1.26 bits per heavy atom. The molecule has 2 aromatic rings. The maximum absolute atomic E-state index is 6.11. The zero-order valence-electron chi connectivity index (χ0n) is 11.4. The number of pyridine rings is 1. The molecule has 0 fully saturated rings. The van der Waals surface area contributed by atoms with E-state index in [0.717, 1.165) is 18.0 Å². The van der Waals surface area contributed by atoms with Gasteiger partial charge >= 0.3 is 0 Å². The van der Waals surface area contributed by atoms with Gasteiger partial charge in [0.2, 0.25) is 0 Å². The third-order valence-corrected chi connectivity index (χ3v) is 3.46. The van der Waals surface area contributed by atoms with Crippen LogP contribution in [-0.2, 0) is 6.42 Å². The summed E-state index contributed by atoms with van der Waals surface area (Å²) in [4.78, 5) is 4.22. The lowest BCUT2D eigenvalue weighted by atomic mass is 9.95. The van der Waals surface area contributed by atoms with Gasteiger partial charge in [-0.15, -0.1) is 0 Å². The minimum atomic E-state index is 0.168. The fourth-order valence-electron chi connectivity index (χ4n) is 2.31. The fraction of sp³-hybridized carbons (Fsp3) is 0.312. The van der Waals surface area contributed by atoms with E-state index in [2.05, 4.69) is 36.3 Å². The van der Waals surface area contributed by atoms with Gasteiger partial charge in [-0.05, 0) is 47.9 Å². The SMILES string of the molecule is CCNC(c1cccc(Cl)c1)c1ccncc1CC. The highest BCUT2D eigenvalue weighted by Crippen LogP contribution is 2.26. The summed E-state index contributed by atoms with van der Waals surface area (Å²) in [6.45, 7) is 5.18. The summed E-state index contributed by atoms with van der Waals surface area (Å²) in [6, 6.07) is 10.3. The van der Waals surface area contributed by atoms with Crippen molar-refractivity contribution in [2.75, 3.05) is 6.54 Å². The number of aromatic nitrogens is 1. The Labute approximate surface area is 119 Å². The predicted molar refractivity (Wildman–Crippen MR) is 80.6 cm³/mol. The van der Waals surface area contributed by atoms with Gasteiger partial charge in [-0.2, -0.15) is 0 Å². The monoisotopic (exact) mass is 274 g/mol. The van der Waals surface area contributed by atoms with Gasteiger partial charge in [0.15, 0.2) is 0 Å². The Morgan fingerprint density at radius 3 is 2.79 bits per heavy atom. The summed E-state index contributed by atoms with van der Waals surface area (Å²) in [5, 5.41) is 4.30. The van der Waals surface area contributed by atoms with Gasteiger partial charge in [0.05, 0.1) is 6.04 Å². The molecule has 1 atom stereocenters. The van der Waals surface area contributed by atoms with Crippen molar-refractivity contribution in [2.24, 2.45) is 0 Å². The summed E-state index contributed by atoms with van der Waals surface area (Å²) >= 11 is 6.11. The number of benzene rings is 1. The number of hydrogen-bond donors (Lipinski definition) is 1. The van der Waals surface area contributed by atoms with Crippen molar-refractivity contribution in [3.63, 3.8) is 0 Å². The molecule has 0 bridgehead atoms. The van der Waals surface area contributed by atoms with Crippen LogP contribution >= 0.6 is 11.6 Å². The second kappa shape index (κ2) is 6.69. The molecule has 0 amide bonds. The Morgan fingerprint density at radius 2 is 2.11 bits per heavy atom. The van der Waals surface area contributed by atoms with Crippen LogP contribution in [0.1, 0.15) is 36.6 Å². The van der Waals surface area contributed by atoms with Crippen molar-refractivity contribution in [3.8, 4) is 0 Å². The minimum Gasteiger partial charge on any atom is -0.307 e. The quantitative estimate of drug-likeness (QED) is 0.892. The van der Waals surface area contributed by atoms with Crippen molar-refractivity contribution in [1.82, 2.24) is 10.3 Å². The largest absolute Gasteiger partial charge is 0.307 e. The first-order chi connectivity index (χ1) is 9.26. The van der Waals surface area contributed by atoms with Gasteiger partial charge in [-0.3, -0.25) is 4.98 Å². The lowest BCUT2D eigenvalue weighted by Gasteiger charge is -2.21. The molecule has 1 aromatic carbocycles. The van der Waals surface area contributed by atoms with Gasteiger partial charge in [-0.25, -0.2) is 0 Å². The molecule has 2 rings (SSSR count). The van der Waals surface area contributed by atoms with Crippen molar-refractivity contribution in [2.45, 2.75) is 26.3 Å². The average molecular weight is 275 g/mol. The van der Waals surface area contributed by atoms with Crippen LogP contribution in [0.15, 0.2) is 42.7 Å². The third-order valence-electron chi connectivity index (χ3n) is 3.22. The lowest BCUT2D eigenvalue weighted by Crippen LogP contribution is -2.23. The smallest absolute Gasteiger partial charge is 0.0580 e. The highest BCUT2D eigenvalue weighted by Gasteiger charge is 2.16. The van der Waals surface area contributed by atoms with Crippen molar-refractivity contribution in [1.29, 1.82) is 0 Å². The molecule has 2 nitrogen and oxygen atoms in total. The molecule has 0 aliphatic rings. The average Bonchev–Trinajstić information content (AvgIpc) is 2.45. The minimum absolute atomic E-state index is 0.168. The number of halogens is 1. The van der Waals surface area contributed by atoms with E-state index in [0.29, 0.717) is 0 Å². The Kier molecular flexibility index (Phi) is 4.94. The first-order valence-electron chi connectivity index (χ1n) is 6.67. The molecular formula is C16H19ClN2. The molecule has 100 valence electrons. The molecule has 0 saturated heterocycles. The zero-order valence-corrected chi connectivity index (χ0v) is 12.1. The Bertz CT molecular complexity index is 540. The van der Waals surface area contributed by atoms with Gasteiger partial charge in [0.1, 0.15) is 0 Å². The van der Waals surface area contributed by atoms with E-state index in [1.165, 1.54) is 16.7 Å². The van der Waals surface area contributed by atoms with Crippen molar-refractivity contribution in [3.05, 3.63) is 64.4 Å². The van der Waals surface area contributed by atoms with Crippen LogP contribution in [-0.4, -0.2) is 11.5 Å². The first-order valence-corrected chi connectivity index (χ1v) is 7.05. The van der Waals surface area contributed by atoms with Crippen LogP contribution < -0.4 is 5.32 Å². The van der Waals surface area contributed by atoms with E-state index in [1.54, 1.807) is 0 Å². The van der Waals surface area contributed by atoms with Gasteiger partial charge < -0.3 is 5.32 Å². The molecule has 19 heavy (non-hydrogen) atoms. The summed E-state index contributed by atoms with van der Waals surface area (Å²) in [5.74, 6) is 0. The van der Waals surface area contributed by atoms with Crippen LogP contribution in [0.3, 0.4) is 0 Å².